The van der Waals surface area contributed by atoms with E-state index in [0.717, 1.165) is 19.2 Å². The molecule has 20 heavy (non-hydrogen) atoms. The molecule has 0 aliphatic carbocycles. The van der Waals surface area contributed by atoms with Gasteiger partial charge in [0, 0.05) is 5.56 Å². The van der Waals surface area contributed by atoms with Crippen molar-refractivity contribution in [2.45, 2.75) is 25.9 Å². The Balaban J connectivity index is 3.18. The molecule has 0 radical (unpaired) electrons. The number of methoxy groups -OCH3 is 1. The average Bonchev–Trinajstić information content (AvgIpc) is 2.38. The summed E-state index contributed by atoms with van der Waals surface area (Å²) in [5, 5.41) is 0.128. The minimum absolute atomic E-state index is 0.0107. The number of carbonyl (C=O) groups is 2. The maximum Gasteiger partial charge on any atom is 0.381 e. The second-order valence-corrected chi connectivity index (χ2v) is 4.61. The molecule has 0 aliphatic rings. The molecule has 0 heterocycles. The van der Waals surface area contributed by atoms with Crippen LogP contribution >= 0.6 is 11.6 Å². The molecular formula is C13H13ClF2O4. The normalized spacial score (nSPS) is 11.3. The van der Waals surface area contributed by atoms with E-state index in [9.17, 15) is 18.4 Å². The highest BCUT2D eigenvalue weighted by Gasteiger charge is 2.46. The van der Waals surface area contributed by atoms with Gasteiger partial charge >= 0.3 is 17.7 Å². The Bertz CT molecular complexity index is 529. The number of halogens is 3. The van der Waals surface area contributed by atoms with Gasteiger partial charge in [0.15, 0.2) is 0 Å². The molecule has 7 heteroatoms. The summed E-state index contributed by atoms with van der Waals surface area (Å²) in [6.45, 7) is 3.39. The van der Waals surface area contributed by atoms with Crippen molar-refractivity contribution in [1.29, 1.82) is 0 Å². The van der Waals surface area contributed by atoms with Crippen LogP contribution in [0.2, 0.25) is 5.02 Å². The molecular weight excluding hydrogens is 294 g/mol. The van der Waals surface area contributed by atoms with E-state index in [4.69, 9.17) is 16.3 Å². The van der Waals surface area contributed by atoms with E-state index in [2.05, 4.69) is 4.74 Å². The molecule has 1 aromatic rings. The number of ketones is 1. The zero-order valence-corrected chi connectivity index (χ0v) is 11.8. The lowest BCUT2D eigenvalue weighted by Gasteiger charge is -2.17. The fourth-order valence-corrected chi connectivity index (χ4v) is 1.56. The maximum absolute atomic E-state index is 13.9. The highest BCUT2D eigenvalue weighted by molar-refractivity contribution is 6.36. The average molecular weight is 307 g/mol. The first-order valence-corrected chi connectivity index (χ1v) is 6.05. The van der Waals surface area contributed by atoms with Crippen LogP contribution in [-0.2, 0) is 20.2 Å². The predicted molar refractivity (Wildman–Crippen MR) is 68.1 cm³/mol. The number of carbonyl (C=O) groups excluding carboxylic acids is 2. The van der Waals surface area contributed by atoms with Gasteiger partial charge in [0.2, 0.25) is 0 Å². The number of ether oxygens (including phenoxy) is 2. The number of esters is 1. The second-order valence-electron chi connectivity index (χ2n) is 4.21. The van der Waals surface area contributed by atoms with Gasteiger partial charge in [0.05, 0.1) is 18.2 Å². The third kappa shape index (κ3) is 3.45. The van der Waals surface area contributed by atoms with Crippen molar-refractivity contribution in [2.75, 3.05) is 7.11 Å². The van der Waals surface area contributed by atoms with Gasteiger partial charge < -0.3 is 9.47 Å². The Labute approximate surface area is 119 Å². The van der Waals surface area contributed by atoms with Gasteiger partial charge in [-0.15, -0.1) is 0 Å². The van der Waals surface area contributed by atoms with Crippen molar-refractivity contribution in [3.63, 3.8) is 0 Å². The van der Waals surface area contributed by atoms with Crippen LogP contribution in [0.4, 0.5) is 8.78 Å². The largest absolute Gasteiger partial charge is 0.489 e. The second kappa shape index (κ2) is 6.17. The fraction of sp³-hybridized carbons (Fsp3) is 0.385. The molecule has 1 rings (SSSR count). The minimum Gasteiger partial charge on any atom is -0.489 e. The first-order valence-electron chi connectivity index (χ1n) is 5.67. The van der Waals surface area contributed by atoms with E-state index >= 15 is 0 Å². The number of Topliss-reactive ketones (excluding diaryl/α,β-unsaturated/α-hetero) is 1. The summed E-state index contributed by atoms with van der Waals surface area (Å²) in [4.78, 5) is 22.3. The lowest BCUT2D eigenvalue weighted by atomic mass is 10.0. The summed E-state index contributed by atoms with van der Waals surface area (Å²) < 4.78 is 37.0. The zero-order valence-electron chi connectivity index (χ0n) is 11.1. The molecule has 0 N–H and O–H groups in total. The van der Waals surface area contributed by atoms with Crippen molar-refractivity contribution in [1.82, 2.24) is 0 Å². The maximum atomic E-state index is 13.9. The molecule has 0 aromatic heterocycles. The van der Waals surface area contributed by atoms with Crippen molar-refractivity contribution in [2.24, 2.45) is 0 Å². The first-order chi connectivity index (χ1) is 9.20. The third-order valence-corrected chi connectivity index (χ3v) is 2.62. The molecule has 4 nitrogen and oxygen atoms in total. The van der Waals surface area contributed by atoms with Crippen molar-refractivity contribution in [3.8, 4) is 5.75 Å². The van der Waals surface area contributed by atoms with Crippen LogP contribution in [0.25, 0.3) is 0 Å². The number of hydrogen-bond donors (Lipinski definition) is 0. The summed E-state index contributed by atoms with van der Waals surface area (Å²) in [6, 6.07) is 3.06. The van der Waals surface area contributed by atoms with Crippen LogP contribution in [-0.4, -0.2) is 25.0 Å². The third-order valence-electron chi connectivity index (χ3n) is 2.31. The van der Waals surface area contributed by atoms with Crippen LogP contribution in [0, 0.1) is 0 Å². The van der Waals surface area contributed by atoms with Crippen LogP contribution < -0.4 is 4.74 Å². The lowest BCUT2D eigenvalue weighted by molar-refractivity contribution is -0.165. The van der Waals surface area contributed by atoms with Gasteiger partial charge in [-0.2, -0.15) is 8.78 Å². The number of hydrogen-bond acceptors (Lipinski definition) is 4. The van der Waals surface area contributed by atoms with E-state index in [0.29, 0.717) is 0 Å². The van der Waals surface area contributed by atoms with Gasteiger partial charge in [0.1, 0.15) is 5.75 Å². The van der Waals surface area contributed by atoms with E-state index in [1.165, 1.54) is 6.07 Å². The molecule has 1 aromatic carbocycles. The van der Waals surface area contributed by atoms with Gasteiger partial charge in [-0.1, -0.05) is 17.7 Å². The molecule has 0 amide bonds. The molecule has 0 saturated carbocycles. The number of rotatable bonds is 5. The topological polar surface area (TPSA) is 52.6 Å². The Kier molecular flexibility index (Phi) is 5.05. The summed E-state index contributed by atoms with van der Waals surface area (Å²) in [6.07, 6.45) is -0.285. The summed E-state index contributed by atoms with van der Waals surface area (Å²) in [7, 11) is 0.853. The molecule has 0 fully saturated rings. The SMILES string of the molecule is COC(=O)C(=O)C(F)(F)c1ccc(Cl)c(OC(C)C)c1. The first kappa shape index (κ1) is 16.4. The standard InChI is InChI=1S/C13H13ClF2O4/c1-7(2)20-10-6-8(4-5-9(10)14)13(15,16)11(17)12(18)19-3/h4-7H,1-3H3. The Morgan fingerprint density at radius 1 is 1.30 bits per heavy atom. The molecule has 0 unspecified atom stereocenters. The summed E-state index contributed by atoms with van der Waals surface area (Å²) in [5.41, 5.74) is -0.687. The van der Waals surface area contributed by atoms with Crippen LogP contribution in [0.15, 0.2) is 18.2 Å². The van der Waals surface area contributed by atoms with Gasteiger partial charge in [0.25, 0.3) is 0 Å². The Hall–Kier alpha value is -1.69. The highest BCUT2D eigenvalue weighted by Crippen LogP contribution is 2.35. The molecule has 110 valence electrons. The molecule has 0 aliphatic heterocycles. The highest BCUT2D eigenvalue weighted by atomic mass is 35.5. The van der Waals surface area contributed by atoms with Gasteiger partial charge in [-0.3, -0.25) is 4.79 Å². The van der Waals surface area contributed by atoms with E-state index in [1.807, 2.05) is 0 Å². The lowest BCUT2D eigenvalue weighted by Crippen LogP contribution is -2.33. The monoisotopic (exact) mass is 306 g/mol. The van der Waals surface area contributed by atoms with E-state index < -0.39 is 23.2 Å². The Morgan fingerprint density at radius 3 is 2.40 bits per heavy atom. The van der Waals surface area contributed by atoms with Crippen LogP contribution in [0.1, 0.15) is 19.4 Å². The zero-order chi connectivity index (χ0) is 15.5. The number of benzene rings is 1. The van der Waals surface area contributed by atoms with Crippen LogP contribution in [0.3, 0.4) is 0 Å². The summed E-state index contributed by atoms with van der Waals surface area (Å²) in [5.74, 6) is -7.56. The van der Waals surface area contributed by atoms with Gasteiger partial charge in [-0.05, 0) is 26.0 Å². The van der Waals surface area contributed by atoms with Crippen molar-refractivity contribution in [3.05, 3.63) is 28.8 Å². The number of alkyl halides is 2. The molecule has 0 bridgehead atoms. The molecule has 0 saturated heterocycles. The van der Waals surface area contributed by atoms with E-state index in [1.54, 1.807) is 13.8 Å². The smallest absolute Gasteiger partial charge is 0.381 e. The van der Waals surface area contributed by atoms with Crippen LogP contribution in [0.5, 0.6) is 5.75 Å². The predicted octanol–water partition coefficient (Wildman–Crippen LogP) is 2.96. The minimum atomic E-state index is -4.01. The van der Waals surface area contributed by atoms with E-state index in [-0.39, 0.29) is 16.9 Å². The van der Waals surface area contributed by atoms with Crippen molar-refractivity contribution < 1.29 is 27.8 Å². The Morgan fingerprint density at radius 2 is 1.90 bits per heavy atom. The quantitative estimate of drug-likeness (QED) is 0.620. The van der Waals surface area contributed by atoms with Crippen molar-refractivity contribution >= 4 is 23.4 Å². The fourth-order valence-electron chi connectivity index (χ4n) is 1.39. The summed E-state index contributed by atoms with van der Waals surface area (Å²) >= 11 is 5.81. The van der Waals surface area contributed by atoms with Gasteiger partial charge in [-0.25, -0.2) is 4.79 Å². The molecule has 0 atom stereocenters. The molecule has 0 spiro atoms.